The summed E-state index contributed by atoms with van der Waals surface area (Å²) >= 11 is 0. The van der Waals surface area contributed by atoms with E-state index in [1.807, 2.05) is 48.5 Å². The molecular weight excluding hydrogens is 288 g/mol. The van der Waals surface area contributed by atoms with Crippen molar-refractivity contribution in [1.82, 2.24) is 5.32 Å². The van der Waals surface area contributed by atoms with Gasteiger partial charge >= 0.3 is 6.09 Å². The first-order valence-electron chi connectivity index (χ1n) is 7.71. The highest BCUT2D eigenvalue weighted by atomic mass is 16.5. The van der Waals surface area contributed by atoms with Crippen molar-refractivity contribution in [2.75, 3.05) is 0 Å². The van der Waals surface area contributed by atoms with Crippen LogP contribution >= 0.6 is 0 Å². The zero-order valence-corrected chi connectivity index (χ0v) is 12.8. The summed E-state index contributed by atoms with van der Waals surface area (Å²) in [5, 5.41) is 12.0. The Morgan fingerprint density at radius 3 is 2.61 bits per heavy atom. The third-order valence-corrected chi connectivity index (χ3v) is 4.31. The minimum Gasteiger partial charge on any atom is -0.445 e. The number of benzene rings is 2. The summed E-state index contributed by atoms with van der Waals surface area (Å²) < 4.78 is 5.32. The number of alkyl carbamates (subject to hydrolysis) is 1. The van der Waals surface area contributed by atoms with Gasteiger partial charge in [0.25, 0.3) is 0 Å². The van der Waals surface area contributed by atoms with Gasteiger partial charge in [-0.05, 0) is 42.5 Å². The van der Waals surface area contributed by atoms with Crippen LogP contribution in [0.1, 0.15) is 36.0 Å². The predicted octanol–water partition coefficient (Wildman–Crippen LogP) is 3.86. The molecule has 1 amide bonds. The van der Waals surface area contributed by atoms with E-state index < -0.39 is 11.6 Å². The van der Waals surface area contributed by atoms with Gasteiger partial charge in [-0.2, -0.15) is 5.26 Å². The van der Waals surface area contributed by atoms with Gasteiger partial charge in [-0.3, -0.25) is 0 Å². The first-order chi connectivity index (χ1) is 11.2. The molecule has 2 aromatic carbocycles. The monoisotopic (exact) mass is 306 g/mol. The first-order valence-corrected chi connectivity index (χ1v) is 7.71. The van der Waals surface area contributed by atoms with Crippen molar-refractivity contribution in [2.45, 2.75) is 31.4 Å². The molecule has 23 heavy (non-hydrogen) atoms. The van der Waals surface area contributed by atoms with E-state index >= 15 is 0 Å². The van der Waals surface area contributed by atoms with Crippen LogP contribution in [0.25, 0.3) is 0 Å². The van der Waals surface area contributed by atoms with E-state index in [-0.39, 0.29) is 6.61 Å². The number of nitrogens with one attached hydrogen (secondary N) is 1. The van der Waals surface area contributed by atoms with E-state index in [0.717, 1.165) is 30.4 Å². The molecule has 0 saturated heterocycles. The summed E-state index contributed by atoms with van der Waals surface area (Å²) in [5.74, 6) is 0. The number of nitriles is 1. The number of rotatable bonds is 4. The summed E-state index contributed by atoms with van der Waals surface area (Å²) in [5.41, 5.74) is 2.13. The predicted molar refractivity (Wildman–Crippen MR) is 86.4 cm³/mol. The number of nitrogens with zero attached hydrogens (tertiary/aromatic N) is 1. The van der Waals surface area contributed by atoms with Crippen molar-refractivity contribution in [3.63, 3.8) is 0 Å². The van der Waals surface area contributed by atoms with Crippen molar-refractivity contribution in [2.24, 2.45) is 0 Å². The Balaban J connectivity index is 1.66. The van der Waals surface area contributed by atoms with Crippen molar-refractivity contribution >= 4 is 6.09 Å². The summed E-state index contributed by atoms with van der Waals surface area (Å²) in [6.07, 6.45) is 2.36. The Morgan fingerprint density at radius 1 is 1.17 bits per heavy atom. The van der Waals surface area contributed by atoms with Crippen molar-refractivity contribution in [3.05, 3.63) is 71.3 Å². The fraction of sp³-hybridized carbons (Fsp3) is 0.263. The molecule has 0 aliphatic heterocycles. The summed E-state index contributed by atoms with van der Waals surface area (Å²) in [4.78, 5) is 12.2. The van der Waals surface area contributed by atoms with Crippen LogP contribution < -0.4 is 5.32 Å². The van der Waals surface area contributed by atoms with Crippen molar-refractivity contribution in [3.8, 4) is 6.07 Å². The van der Waals surface area contributed by atoms with Crippen molar-refractivity contribution < 1.29 is 9.53 Å². The lowest BCUT2D eigenvalue weighted by atomic mass is 9.71. The van der Waals surface area contributed by atoms with Crippen LogP contribution in [0.5, 0.6) is 0 Å². The molecule has 0 unspecified atom stereocenters. The molecule has 0 heterocycles. The molecule has 1 N–H and O–H groups in total. The lowest BCUT2D eigenvalue weighted by molar-refractivity contribution is 0.106. The lowest BCUT2D eigenvalue weighted by Gasteiger charge is -2.42. The summed E-state index contributed by atoms with van der Waals surface area (Å²) in [6, 6.07) is 19.2. The minimum atomic E-state index is -0.420. The highest BCUT2D eigenvalue weighted by molar-refractivity contribution is 5.69. The van der Waals surface area contributed by atoms with Gasteiger partial charge in [0.2, 0.25) is 0 Å². The SMILES string of the molecule is N#Cc1cccc(C2(NC(=O)OCc3ccccc3)CCC2)c1. The number of amides is 1. The van der Waals surface area contributed by atoms with Crippen LogP contribution in [-0.4, -0.2) is 6.09 Å². The van der Waals surface area contributed by atoms with Crippen LogP contribution in [0.4, 0.5) is 4.79 Å². The molecule has 1 aliphatic carbocycles. The van der Waals surface area contributed by atoms with Crippen LogP contribution in [-0.2, 0) is 16.9 Å². The van der Waals surface area contributed by atoms with E-state index in [9.17, 15) is 4.79 Å². The van der Waals surface area contributed by atoms with E-state index in [1.54, 1.807) is 6.07 Å². The molecule has 0 spiro atoms. The molecule has 1 fully saturated rings. The van der Waals surface area contributed by atoms with Crippen molar-refractivity contribution in [1.29, 1.82) is 5.26 Å². The maximum atomic E-state index is 12.2. The fourth-order valence-corrected chi connectivity index (χ4v) is 2.86. The average molecular weight is 306 g/mol. The smallest absolute Gasteiger partial charge is 0.408 e. The van der Waals surface area contributed by atoms with Crippen LogP contribution in [0.15, 0.2) is 54.6 Å². The maximum Gasteiger partial charge on any atom is 0.408 e. The highest BCUT2D eigenvalue weighted by Crippen LogP contribution is 2.41. The number of hydrogen-bond acceptors (Lipinski definition) is 3. The van der Waals surface area contributed by atoms with E-state index in [0.29, 0.717) is 5.56 Å². The van der Waals surface area contributed by atoms with Gasteiger partial charge in [0.1, 0.15) is 6.61 Å². The second-order valence-corrected chi connectivity index (χ2v) is 5.81. The average Bonchev–Trinajstić information content (AvgIpc) is 2.57. The Morgan fingerprint density at radius 2 is 1.96 bits per heavy atom. The normalized spacial score (nSPS) is 15.1. The van der Waals surface area contributed by atoms with Gasteiger partial charge < -0.3 is 10.1 Å². The van der Waals surface area contributed by atoms with Gasteiger partial charge in [0.05, 0.1) is 17.2 Å². The molecule has 0 atom stereocenters. The Labute approximate surface area is 135 Å². The molecular formula is C19H18N2O2. The standard InChI is InChI=1S/C19H18N2O2/c20-13-16-8-4-9-17(12-16)19(10-5-11-19)21-18(22)23-14-15-6-2-1-3-7-15/h1-4,6-9,12H,5,10-11,14H2,(H,21,22). The number of hydrogen-bond donors (Lipinski definition) is 1. The molecule has 1 saturated carbocycles. The minimum absolute atomic E-state index is 0.251. The van der Waals surface area contributed by atoms with Gasteiger partial charge in [-0.1, -0.05) is 42.5 Å². The third-order valence-electron chi connectivity index (χ3n) is 4.31. The van der Waals surface area contributed by atoms with E-state index in [2.05, 4.69) is 11.4 Å². The number of ether oxygens (including phenoxy) is 1. The summed E-state index contributed by atoms with van der Waals surface area (Å²) in [7, 11) is 0. The molecule has 116 valence electrons. The second kappa shape index (κ2) is 6.53. The first kappa shape index (κ1) is 15.1. The van der Waals surface area contributed by atoms with Gasteiger partial charge in [0.15, 0.2) is 0 Å². The molecule has 1 aliphatic rings. The Hall–Kier alpha value is -2.80. The fourth-order valence-electron chi connectivity index (χ4n) is 2.86. The van der Waals surface area contributed by atoms with Gasteiger partial charge in [-0.15, -0.1) is 0 Å². The molecule has 4 heteroatoms. The van der Waals surface area contributed by atoms with Crippen LogP contribution in [0, 0.1) is 11.3 Å². The second-order valence-electron chi connectivity index (χ2n) is 5.81. The molecule has 0 aromatic heterocycles. The summed E-state index contributed by atoms with van der Waals surface area (Å²) in [6.45, 7) is 0.251. The Bertz CT molecular complexity index is 731. The number of carbonyl (C=O) groups is 1. The largest absolute Gasteiger partial charge is 0.445 e. The molecule has 0 radical (unpaired) electrons. The third kappa shape index (κ3) is 3.35. The molecule has 2 aromatic rings. The van der Waals surface area contributed by atoms with Gasteiger partial charge in [0, 0.05) is 0 Å². The highest BCUT2D eigenvalue weighted by Gasteiger charge is 2.40. The zero-order chi connectivity index (χ0) is 16.1. The molecule has 0 bridgehead atoms. The van der Waals surface area contributed by atoms with Gasteiger partial charge in [-0.25, -0.2) is 4.79 Å². The van der Waals surface area contributed by atoms with Crippen LogP contribution in [0.2, 0.25) is 0 Å². The molecule has 4 nitrogen and oxygen atoms in total. The van der Waals surface area contributed by atoms with Crippen LogP contribution in [0.3, 0.4) is 0 Å². The lowest BCUT2D eigenvalue weighted by Crippen LogP contribution is -2.50. The Kier molecular flexibility index (Phi) is 4.29. The number of carbonyl (C=O) groups excluding carboxylic acids is 1. The molecule has 3 rings (SSSR count). The quantitative estimate of drug-likeness (QED) is 0.933. The van der Waals surface area contributed by atoms with E-state index in [1.165, 1.54) is 0 Å². The maximum absolute atomic E-state index is 12.2. The van der Waals surface area contributed by atoms with E-state index in [4.69, 9.17) is 10.00 Å². The topological polar surface area (TPSA) is 62.1 Å². The zero-order valence-electron chi connectivity index (χ0n) is 12.8.